The van der Waals surface area contributed by atoms with E-state index < -0.39 is 10.0 Å². The van der Waals surface area contributed by atoms with Crippen molar-refractivity contribution < 1.29 is 13.2 Å². The first-order valence-electron chi connectivity index (χ1n) is 8.76. The molecule has 5 nitrogen and oxygen atoms in total. The van der Waals surface area contributed by atoms with Gasteiger partial charge in [-0.05, 0) is 43.9 Å². The van der Waals surface area contributed by atoms with Crippen molar-refractivity contribution in [3.8, 4) is 0 Å². The molecule has 0 fully saturated rings. The second-order valence-electron chi connectivity index (χ2n) is 6.36. The van der Waals surface area contributed by atoms with Crippen molar-refractivity contribution in [2.45, 2.75) is 38.0 Å². The fourth-order valence-corrected chi connectivity index (χ4v) is 3.99. The second kappa shape index (κ2) is 9.50. The van der Waals surface area contributed by atoms with Crippen molar-refractivity contribution in [2.24, 2.45) is 0 Å². The van der Waals surface area contributed by atoms with Crippen LogP contribution in [0.25, 0.3) is 0 Å². The Hall–Kier alpha value is -2.18. The van der Waals surface area contributed by atoms with Gasteiger partial charge in [0, 0.05) is 19.5 Å². The van der Waals surface area contributed by atoms with Crippen molar-refractivity contribution in [3.63, 3.8) is 0 Å². The number of benzene rings is 2. The molecule has 140 valence electrons. The maximum Gasteiger partial charge on any atom is 0.240 e. The first kappa shape index (κ1) is 20.1. The number of aryl methyl sites for hydroxylation is 3. The Balaban J connectivity index is 1.70. The number of rotatable bonds is 9. The van der Waals surface area contributed by atoms with Crippen molar-refractivity contribution >= 4 is 15.9 Å². The van der Waals surface area contributed by atoms with Crippen LogP contribution in [0.15, 0.2) is 53.4 Å². The zero-order valence-electron chi connectivity index (χ0n) is 15.3. The van der Waals surface area contributed by atoms with Gasteiger partial charge in [-0.2, -0.15) is 0 Å². The third-order valence-electron chi connectivity index (χ3n) is 4.07. The highest BCUT2D eigenvalue weighted by Gasteiger charge is 2.16. The molecule has 0 bridgehead atoms. The minimum Gasteiger partial charge on any atom is -0.356 e. The highest BCUT2D eigenvalue weighted by Crippen LogP contribution is 2.16. The average Bonchev–Trinajstić information content (AvgIpc) is 2.59. The van der Waals surface area contributed by atoms with E-state index in [9.17, 15) is 13.2 Å². The Labute approximate surface area is 155 Å². The molecule has 0 aliphatic rings. The third kappa shape index (κ3) is 6.28. The average molecular weight is 375 g/mol. The van der Waals surface area contributed by atoms with E-state index in [1.807, 2.05) is 31.2 Å². The van der Waals surface area contributed by atoms with Crippen LogP contribution in [0.1, 0.15) is 29.5 Å². The van der Waals surface area contributed by atoms with Crippen LogP contribution in [-0.2, 0) is 21.2 Å². The molecule has 6 heteroatoms. The Morgan fingerprint density at radius 1 is 1.00 bits per heavy atom. The highest BCUT2D eigenvalue weighted by molar-refractivity contribution is 7.89. The van der Waals surface area contributed by atoms with Crippen LogP contribution in [0.2, 0.25) is 0 Å². The SMILES string of the molecule is Cc1ccc(S(=O)(=O)NCCC(=O)NCCCc2ccccc2)c(C)c1. The summed E-state index contributed by atoms with van der Waals surface area (Å²) in [6.07, 6.45) is 1.87. The van der Waals surface area contributed by atoms with E-state index in [2.05, 4.69) is 22.2 Å². The Bertz CT molecular complexity index is 833. The number of hydrogen-bond acceptors (Lipinski definition) is 3. The lowest BCUT2D eigenvalue weighted by atomic mass is 10.1. The van der Waals surface area contributed by atoms with Gasteiger partial charge in [-0.15, -0.1) is 0 Å². The molecule has 0 aliphatic heterocycles. The van der Waals surface area contributed by atoms with Crippen molar-refractivity contribution in [1.29, 1.82) is 0 Å². The molecule has 0 spiro atoms. The summed E-state index contributed by atoms with van der Waals surface area (Å²) in [7, 11) is -3.59. The van der Waals surface area contributed by atoms with Gasteiger partial charge >= 0.3 is 0 Å². The van der Waals surface area contributed by atoms with E-state index in [1.165, 1.54) is 5.56 Å². The number of amides is 1. The maximum atomic E-state index is 12.3. The van der Waals surface area contributed by atoms with Gasteiger partial charge in [0.05, 0.1) is 4.90 Å². The zero-order chi connectivity index (χ0) is 19.0. The van der Waals surface area contributed by atoms with Gasteiger partial charge in [-0.1, -0.05) is 48.0 Å². The van der Waals surface area contributed by atoms with Gasteiger partial charge in [0.15, 0.2) is 0 Å². The number of carbonyl (C=O) groups excluding carboxylic acids is 1. The smallest absolute Gasteiger partial charge is 0.240 e. The summed E-state index contributed by atoms with van der Waals surface area (Å²) in [5.41, 5.74) is 2.95. The zero-order valence-corrected chi connectivity index (χ0v) is 16.1. The lowest BCUT2D eigenvalue weighted by Crippen LogP contribution is -2.31. The minimum absolute atomic E-state index is 0.0835. The molecule has 0 atom stereocenters. The molecule has 0 saturated heterocycles. The molecule has 0 unspecified atom stereocenters. The van der Waals surface area contributed by atoms with E-state index in [-0.39, 0.29) is 23.8 Å². The summed E-state index contributed by atoms with van der Waals surface area (Å²) in [5, 5.41) is 2.82. The van der Waals surface area contributed by atoms with Crippen LogP contribution in [0.5, 0.6) is 0 Å². The van der Waals surface area contributed by atoms with Crippen molar-refractivity contribution in [1.82, 2.24) is 10.0 Å². The minimum atomic E-state index is -3.59. The number of carbonyl (C=O) groups is 1. The van der Waals surface area contributed by atoms with Crippen LogP contribution >= 0.6 is 0 Å². The van der Waals surface area contributed by atoms with Gasteiger partial charge in [-0.3, -0.25) is 4.79 Å². The van der Waals surface area contributed by atoms with E-state index >= 15 is 0 Å². The summed E-state index contributed by atoms with van der Waals surface area (Å²) in [5.74, 6) is -0.151. The van der Waals surface area contributed by atoms with Crippen molar-refractivity contribution in [2.75, 3.05) is 13.1 Å². The first-order chi connectivity index (χ1) is 12.4. The van der Waals surface area contributed by atoms with Crippen LogP contribution in [0, 0.1) is 13.8 Å². The molecular formula is C20H26N2O3S. The van der Waals surface area contributed by atoms with Crippen LogP contribution in [-0.4, -0.2) is 27.4 Å². The number of hydrogen-bond donors (Lipinski definition) is 2. The Morgan fingerprint density at radius 2 is 1.73 bits per heavy atom. The summed E-state index contributed by atoms with van der Waals surface area (Å²) in [6.45, 7) is 4.34. The third-order valence-corrected chi connectivity index (χ3v) is 5.69. The molecule has 1 amide bonds. The molecule has 0 heterocycles. The predicted octanol–water partition coefficient (Wildman–Crippen LogP) is 2.72. The fraction of sp³-hybridized carbons (Fsp3) is 0.350. The van der Waals surface area contributed by atoms with Crippen LogP contribution in [0.3, 0.4) is 0 Å². The first-order valence-corrected chi connectivity index (χ1v) is 10.2. The predicted molar refractivity (Wildman–Crippen MR) is 103 cm³/mol. The quantitative estimate of drug-likeness (QED) is 0.663. The molecule has 0 radical (unpaired) electrons. The second-order valence-corrected chi connectivity index (χ2v) is 8.09. The monoisotopic (exact) mass is 374 g/mol. The van der Waals surface area contributed by atoms with Gasteiger partial charge < -0.3 is 5.32 Å². The summed E-state index contributed by atoms with van der Waals surface area (Å²) in [4.78, 5) is 12.1. The van der Waals surface area contributed by atoms with Crippen molar-refractivity contribution in [3.05, 3.63) is 65.2 Å². The molecular weight excluding hydrogens is 348 g/mol. The Morgan fingerprint density at radius 3 is 2.42 bits per heavy atom. The number of sulfonamides is 1. The lowest BCUT2D eigenvalue weighted by Gasteiger charge is -2.10. The maximum absolute atomic E-state index is 12.3. The lowest BCUT2D eigenvalue weighted by molar-refractivity contribution is -0.120. The topological polar surface area (TPSA) is 75.3 Å². The number of nitrogens with one attached hydrogen (secondary N) is 2. The summed E-state index contributed by atoms with van der Waals surface area (Å²) >= 11 is 0. The molecule has 26 heavy (non-hydrogen) atoms. The summed E-state index contributed by atoms with van der Waals surface area (Å²) in [6, 6.07) is 15.3. The van der Waals surface area contributed by atoms with E-state index in [0.29, 0.717) is 12.1 Å². The fourth-order valence-electron chi connectivity index (χ4n) is 2.73. The van der Waals surface area contributed by atoms with Gasteiger partial charge in [-0.25, -0.2) is 13.1 Å². The molecule has 2 aromatic rings. The van der Waals surface area contributed by atoms with E-state index in [1.54, 1.807) is 19.1 Å². The van der Waals surface area contributed by atoms with E-state index in [4.69, 9.17) is 0 Å². The van der Waals surface area contributed by atoms with Crippen LogP contribution in [0.4, 0.5) is 0 Å². The summed E-state index contributed by atoms with van der Waals surface area (Å²) < 4.78 is 27.1. The molecule has 0 aromatic heterocycles. The Kier molecular flexibility index (Phi) is 7.36. The van der Waals surface area contributed by atoms with Gasteiger partial charge in [0.1, 0.15) is 0 Å². The van der Waals surface area contributed by atoms with E-state index in [0.717, 1.165) is 18.4 Å². The molecule has 2 rings (SSSR count). The molecule has 2 aromatic carbocycles. The molecule has 0 saturated carbocycles. The standard InChI is InChI=1S/C20H26N2O3S/c1-16-10-11-19(17(2)15-16)26(24,25)22-14-12-20(23)21-13-6-9-18-7-4-3-5-8-18/h3-5,7-8,10-11,15,22H,6,9,12-14H2,1-2H3,(H,21,23). The normalized spacial score (nSPS) is 11.3. The molecule has 2 N–H and O–H groups in total. The van der Waals surface area contributed by atoms with Crippen LogP contribution < -0.4 is 10.0 Å². The largest absolute Gasteiger partial charge is 0.356 e. The molecule has 0 aliphatic carbocycles. The highest BCUT2D eigenvalue weighted by atomic mass is 32.2. The van der Waals surface area contributed by atoms with Gasteiger partial charge in [0.2, 0.25) is 15.9 Å². The van der Waals surface area contributed by atoms with Gasteiger partial charge in [0.25, 0.3) is 0 Å².